The lowest BCUT2D eigenvalue weighted by Gasteiger charge is -2.17. The van der Waals surface area contributed by atoms with Gasteiger partial charge in [-0.1, -0.05) is 19.1 Å². The lowest BCUT2D eigenvalue weighted by atomic mass is 10.1. The Kier molecular flexibility index (Phi) is 6.19. The van der Waals surface area contributed by atoms with Gasteiger partial charge in [0.05, 0.1) is 13.2 Å². The number of carbonyl (C=O) groups is 1. The maximum atomic E-state index is 13.1. The molecule has 146 valence electrons. The molecule has 0 aliphatic carbocycles. The molecule has 1 atom stereocenters. The molecule has 1 unspecified atom stereocenters. The normalized spacial score (nSPS) is 12.4. The Morgan fingerprint density at radius 3 is 2.44 bits per heavy atom. The molecule has 0 aliphatic heterocycles. The molecule has 0 saturated heterocycles. The van der Waals surface area contributed by atoms with Crippen LogP contribution in [0.4, 0.5) is 25.1 Å². The summed E-state index contributed by atoms with van der Waals surface area (Å²) in [4.78, 5) is 22.0. The summed E-state index contributed by atoms with van der Waals surface area (Å²) in [7, 11) is 1.55. The number of alkyl halides is 3. The molecule has 2 aromatic rings. The quantitative estimate of drug-likeness (QED) is 0.790. The second-order valence-corrected chi connectivity index (χ2v) is 5.80. The Morgan fingerprint density at radius 2 is 1.89 bits per heavy atom. The van der Waals surface area contributed by atoms with E-state index in [0.29, 0.717) is 5.75 Å². The number of halogens is 3. The number of amides is 1. The molecule has 1 aromatic carbocycles. The highest BCUT2D eigenvalue weighted by molar-refractivity contribution is 5.88. The van der Waals surface area contributed by atoms with Gasteiger partial charge < -0.3 is 10.1 Å². The Bertz CT molecular complexity index is 827. The van der Waals surface area contributed by atoms with Crippen LogP contribution in [0.25, 0.3) is 0 Å². The second kappa shape index (κ2) is 8.19. The fourth-order valence-corrected chi connectivity index (χ4v) is 2.28. The van der Waals surface area contributed by atoms with Gasteiger partial charge in [0.15, 0.2) is 0 Å². The van der Waals surface area contributed by atoms with Crippen molar-refractivity contribution in [2.45, 2.75) is 39.4 Å². The maximum absolute atomic E-state index is 13.1. The summed E-state index contributed by atoms with van der Waals surface area (Å²) in [5.74, 6) is -1.92. The third-order valence-electron chi connectivity index (χ3n) is 3.73. The van der Waals surface area contributed by atoms with E-state index >= 15 is 0 Å². The van der Waals surface area contributed by atoms with E-state index in [9.17, 15) is 18.0 Å². The van der Waals surface area contributed by atoms with Crippen molar-refractivity contribution in [3.05, 3.63) is 35.2 Å². The largest absolute Gasteiger partial charge is 0.496 e. The van der Waals surface area contributed by atoms with Crippen molar-refractivity contribution in [1.82, 2.24) is 15.0 Å². The van der Waals surface area contributed by atoms with Gasteiger partial charge in [0.25, 0.3) is 0 Å². The topological polar surface area (TPSA) is 89.0 Å². The molecule has 0 fully saturated rings. The highest BCUT2D eigenvalue weighted by atomic mass is 19.4. The van der Waals surface area contributed by atoms with E-state index in [1.54, 1.807) is 33.1 Å². The standard InChI is InChI=1S/C17H20F3N5O2/c1-5-13(26)22-16-24-14(17(18,19)20)23-15(25-16)21-10(3)11-6-7-12(27-4)9(2)8-11/h6-8,10H,5H2,1-4H3,(H2,21,22,23,24,25,26). The number of anilines is 2. The molecule has 1 aromatic heterocycles. The average molecular weight is 383 g/mol. The summed E-state index contributed by atoms with van der Waals surface area (Å²) >= 11 is 0. The minimum Gasteiger partial charge on any atom is -0.496 e. The molecule has 10 heteroatoms. The first-order valence-corrected chi connectivity index (χ1v) is 8.18. The maximum Gasteiger partial charge on any atom is 0.451 e. The van der Waals surface area contributed by atoms with Crippen LogP contribution in [0.2, 0.25) is 0 Å². The average Bonchev–Trinajstić information content (AvgIpc) is 2.60. The zero-order valence-electron chi connectivity index (χ0n) is 15.3. The molecule has 2 N–H and O–H groups in total. The first-order chi connectivity index (χ1) is 12.6. The smallest absolute Gasteiger partial charge is 0.451 e. The molecule has 0 saturated carbocycles. The van der Waals surface area contributed by atoms with Gasteiger partial charge in [0.1, 0.15) is 5.75 Å². The molecule has 0 radical (unpaired) electrons. The number of aromatic nitrogens is 3. The van der Waals surface area contributed by atoms with E-state index in [0.717, 1.165) is 11.1 Å². The number of hydrogen-bond donors (Lipinski definition) is 2. The van der Waals surface area contributed by atoms with Gasteiger partial charge in [-0.2, -0.15) is 28.1 Å². The van der Waals surface area contributed by atoms with Crippen molar-refractivity contribution in [1.29, 1.82) is 0 Å². The predicted molar refractivity (Wildman–Crippen MR) is 93.5 cm³/mol. The first kappa shape index (κ1) is 20.4. The van der Waals surface area contributed by atoms with Crippen molar-refractivity contribution in [2.24, 2.45) is 0 Å². The summed E-state index contributed by atoms with van der Waals surface area (Å²) in [6.07, 6.45) is -4.69. The molecule has 0 bridgehead atoms. The number of ether oxygens (including phenoxy) is 1. The van der Waals surface area contributed by atoms with Gasteiger partial charge in [0, 0.05) is 6.42 Å². The Balaban J connectivity index is 2.31. The second-order valence-electron chi connectivity index (χ2n) is 5.80. The lowest BCUT2D eigenvalue weighted by molar-refractivity contribution is -0.145. The van der Waals surface area contributed by atoms with Gasteiger partial charge in [0.2, 0.25) is 23.6 Å². The van der Waals surface area contributed by atoms with Crippen LogP contribution in [0.3, 0.4) is 0 Å². The number of nitrogens with zero attached hydrogens (tertiary/aromatic N) is 3. The molecule has 1 amide bonds. The van der Waals surface area contributed by atoms with E-state index in [2.05, 4.69) is 25.6 Å². The zero-order valence-corrected chi connectivity index (χ0v) is 15.3. The van der Waals surface area contributed by atoms with Crippen LogP contribution in [0, 0.1) is 6.92 Å². The minimum atomic E-state index is -4.77. The van der Waals surface area contributed by atoms with Crippen LogP contribution in [0.15, 0.2) is 18.2 Å². The zero-order chi connectivity index (χ0) is 20.2. The minimum absolute atomic E-state index is 0.0807. The number of rotatable bonds is 6. The molecule has 7 nitrogen and oxygen atoms in total. The van der Waals surface area contributed by atoms with E-state index < -0.39 is 29.9 Å². The molecule has 27 heavy (non-hydrogen) atoms. The molecule has 0 aliphatic rings. The van der Waals surface area contributed by atoms with Crippen LogP contribution in [0.5, 0.6) is 5.75 Å². The lowest BCUT2D eigenvalue weighted by Crippen LogP contribution is -2.20. The Labute approximate surface area is 154 Å². The van der Waals surface area contributed by atoms with Crippen LogP contribution >= 0.6 is 0 Å². The third kappa shape index (κ3) is 5.28. The van der Waals surface area contributed by atoms with Crippen molar-refractivity contribution >= 4 is 17.8 Å². The molecular formula is C17H20F3N5O2. The van der Waals surface area contributed by atoms with Crippen LogP contribution in [-0.4, -0.2) is 28.0 Å². The monoisotopic (exact) mass is 383 g/mol. The van der Waals surface area contributed by atoms with Gasteiger partial charge in [-0.15, -0.1) is 0 Å². The number of carbonyl (C=O) groups excluding carboxylic acids is 1. The van der Waals surface area contributed by atoms with E-state index in [-0.39, 0.29) is 12.4 Å². The van der Waals surface area contributed by atoms with Crippen molar-refractivity contribution in [3.63, 3.8) is 0 Å². The van der Waals surface area contributed by atoms with Crippen molar-refractivity contribution in [3.8, 4) is 5.75 Å². The van der Waals surface area contributed by atoms with Crippen molar-refractivity contribution in [2.75, 3.05) is 17.7 Å². The van der Waals surface area contributed by atoms with Crippen LogP contribution in [0.1, 0.15) is 43.3 Å². The number of nitrogens with one attached hydrogen (secondary N) is 2. The fraction of sp³-hybridized carbons (Fsp3) is 0.412. The number of methoxy groups -OCH3 is 1. The molecular weight excluding hydrogens is 363 g/mol. The van der Waals surface area contributed by atoms with Crippen LogP contribution in [-0.2, 0) is 11.0 Å². The Morgan fingerprint density at radius 1 is 1.22 bits per heavy atom. The van der Waals surface area contributed by atoms with Crippen molar-refractivity contribution < 1.29 is 22.7 Å². The van der Waals surface area contributed by atoms with Gasteiger partial charge in [-0.05, 0) is 31.0 Å². The number of hydrogen-bond acceptors (Lipinski definition) is 6. The first-order valence-electron chi connectivity index (χ1n) is 8.18. The summed E-state index contributed by atoms with van der Waals surface area (Å²) in [5.41, 5.74) is 1.69. The van der Waals surface area contributed by atoms with E-state index in [4.69, 9.17) is 4.74 Å². The SMILES string of the molecule is CCC(=O)Nc1nc(NC(C)c2ccc(OC)c(C)c2)nc(C(F)(F)F)n1. The van der Waals surface area contributed by atoms with Gasteiger partial charge >= 0.3 is 6.18 Å². The van der Waals surface area contributed by atoms with Gasteiger partial charge in [-0.25, -0.2) is 0 Å². The fourth-order valence-electron chi connectivity index (χ4n) is 2.28. The van der Waals surface area contributed by atoms with Crippen LogP contribution < -0.4 is 15.4 Å². The highest BCUT2D eigenvalue weighted by Gasteiger charge is 2.36. The van der Waals surface area contributed by atoms with E-state index in [1.165, 1.54) is 0 Å². The number of aryl methyl sites for hydroxylation is 1. The third-order valence-corrected chi connectivity index (χ3v) is 3.73. The predicted octanol–water partition coefficient (Wildman–Crippen LogP) is 3.73. The molecule has 0 spiro atoms. The van der Waals surface area contributed by atoms with Gasteiger partial charge in [-0.3, -0.25) is 10.1 Å². The molecule has 1 heterocycles. The summed E-state index contributed by atoms with van der Waals surface area (Å²) in [6, 6.07) is 5.01. The number of benzene rings is 1. The summed E-state index contributed by atoms with van der Waals surface area (Å²) in [5, 5.41) is 5.04. The Hall–Kier alpha value is -2.91. The summed E-state index contributed by atoms with van der Waals surface area (Å²) in [6.45, 7) is 5.18. The summed E-state index contributed by atoms with van der Waals surface area (Å²) < 4.78 is 44.4. The molecule has 2 rings (SSSR count). The highest BCUT2D eigenvalue weighted by Crippen LogP contribution is 2.29. The van der Waals surface area contributed by atoms with E-state index in [1.807, 2.05) is 13.0 Å².